The summed E-state index contributed by atoms with van der Waals surface area (Å²) in [6, 6.07) is 0. The molecule has 0 saturated heterocycles. The third kappa shape index (κ3) is 3.47. The molecule has 1 aromatic rings. The smallest absolute Gasteiger partial charge is 0.397 e. The quantitative estimate of drug-likeness (QED) is 0.799. The Hall–Kier alpha value is -1.02. The number of rotatable bonds is 3. The zero-order valence-electron chi connectivity index (χ0n) is 8.85. The van der Waals surface area contributed by atoms with Crippen LogP contribution in [0.1, 0.15) is 5.56 Å². The Morgan fingerprint density at radius 2 is 2.18 bits per heavy atom. The van der Waals surface area contributed by atoms with Gasteiger partial charge in [-0.25, -0.2) is 4.98 Å². The largest absolute Gasteiger partial charge is 0.416 e. The van der Waals surface area contributed by atoms with Crippen LogP contribution in [0.15, 0.2) is 10.7 Å². The third-order valence-corrected chi connectivity index (χ3v) is 3.11. The van der Waals surface area contributed by atoms with E-state index < -0.39 is 18.8 Å². The maximum absolute atomic E-state index is 12.1. The summed E-state index contributed by atoms with van der Waals surface area (Å²) in [4.78, 5) is 3.83. The van der Waals surface area contributed by atoms with Crippen LogP contribution in [-0.4, -0.2) is 28.9 Å². The van der Waals surface area contributed by atoms with Crippen LogP contribution < -0.4 is 11.1 Å². The van der Waals surface area contributed by atoms with E-state index >= 15 is 0 Å². The van der Waals surface area contributed by atoms with Crippen molar-refractivity contribution >= 4 is 27.4 Å². The molecule has 0 radical (unpaired) electrons. The molecule has 0 aliphatic heterocycles. The molecule has 1 heterocycles. The minimum absolute atomic E-state index is 0.208. The molecule has 1 unspecified atom stereocenters. The number of anilines is 2. The highest BCUT2D eigenvalue weighted by molar-refractivity contribution is 9.10. The number of hydrogen-bond donors (Lipinski definition) is 3. The Bertz CT molecular complexity index is 411. The SMILES string of the molecule is Cc1c(N)cnc(NCC(O)C(F)(F)F)c1Br. The van der Waals surface area contributed by atoms with Crippen molar-refractivity contribution in [1.82, 2.24) is 4.98 Å². The number of alkyl halides is 3. The summed E-state index contributed by atoms with van der Waals surface area (Å²) < 4.78 is 36.6. The van der Waals surface area contributed by atoms with Crippen molar-refractivity contribution in [3.8, 4) is 0 Å². The highest BCUT2D eigenvalue weighted by atomic mass is 79.9. The minimum atomic E-state index is -4.65. The van der Waals surface area contributed by atoms with E-state index in [2.05, 4.69) is 26.2 Å². The predicted octanol–water partition coefficient (Wildman–Crippen LogP) is 2.07. The Balaban J connectivity index is 2.74. The zero-order valence-corrected chi connectivity index (χ0v) is 10.4. The number of halogens is 4. The van der Waals surface area contributed by atoms with Crippen molar-refractivity contribution in [1.29, 1.82) is 0 Å². The molecular formula is C9H11BrF3N3O. The number of nitrogen functional groups attached to an aromatic ring is 1. The van der Waals surface area contributed by atoms with Gasteiger partial charge in [-0.3, -0.25) is 0 Å². The molecule has 0 aromatic carbocycles. The molecule has 0 amide bonds. The first-order valence-corrected chi connectivity index (χ1v) is 5.42. The number of nitrogens with one attached hydrogen (secondary N) is 1. The highest BCUT2D eigenvalue weighted by Gasteiger charge is 2.38. The molecule has 1 atom stereocenters. The molecule has 1 aromatic heterocycles. The highest BCUT2D eigenvalue weighted by Crippen LogP contribution is 2.28. The lowest BCUT2D eigenvalue weighted by Crippen LogP contribution is -2.35. The van der Waals surface area contributed by atoms with Crippen molar-refractivity contribution in [3.05, 3.63) is 16.2 Å². The minimum Gasteiger partial charge on any atom is -0.397 e. The summed E-state index contributed by atoms with van der Waals surface area (Å²) >= 11 is 3.16. The van der Waals surface area contributed by atoms with Gasteiger partial charge >= 0.3 is 6.18 Å². The molecule has 8 heteroatoms. The summed E-state index contributed by atoms with van der Waals surface area (Å²) in [5.41, 5.74) is 6.66. The van der Waals surface area contributed by atoms with Crippen LogP contribution in [-0.2, 0) is 0 Å². The van der Waals surface area contributed by atoms with Gasteiger partial charge in [0.05, 0.1) is 22.9 Å². The van der Waals surface area contributed by atoms with Crippen molar-refractivity contribution in [2.24, 2.45) is 0 Å². The first kappa shape index (κ1) is 14.0. The number of aliphatic hydroxyl groups is 1. The van der Waals surface area contributed by atoms with E-state index in [1.165, 1.54) is 6.20 Å². The number of aromatic nitrogens is 1. The molecule has 4 N–H and O–H groups in total. The normalized spacial score (nSPS) is 13.5. The van der Waals surface area contributed by atoms with Crippen LogP contribution in [0.25, 0.3) is 0 Å². The fraction of sp³-hybridized carbons (Fsp3) is 0.444. The summed E-state index contributed by atoms with van der Waals surface area (Å²) in [5, 5.41) is 11.2. The lowest BCUT2D eigenvalue weighted by atomic mass is 10.2. The first-order chi connectivity index (χ1) is 7.73. The van der Waals surface area contributed by atoms with Gasteiger partial charge in [-0.05, 0) is 28.4 Å². The lowest BCUT2D eigenvalue weighted by molar-refractivity contribution is -0.198. The van der Waals surface area contributed by atoms with Gasteiger partial charge in [-0.2, -0.15) is 13.2 Å². The summed E-state index contributed by atoms with van der Waals surface area (Å²) in [7, 11) is 0. The molecule has 96 valence electrons. The fourth-order valence-electron chi connectivity index (χ4n) is 1.02. The van der Waals surface area contributed by atoms with Crippen LogP contribution in [0, 0.1) is 6.92 Å². The summed E-state index contributed by atoms with van der Waals surface area (Å²) in [6.07, 6.45) is -5.75. The Labute approximate surface area is 104 Å². The Morgan fingerprint density at radius 3 is 2.71 bits per heavy atom. The number of hydrogen-bond acceptors (Lipinski definition) is 4. The van der Waals surface area contributed by atoms with E-state index in [4.69, 9.17) is 10.8 Å². The van der Waals surface area contributed by atoms with Gasteiger partial charge in [0.1, 0.15) is 5.82 Å². The Morgan fingerprint density at radius 1 is 1.59 bits per heavy atom. The molecule has 17 heavy (non-hydrogen) atoms. The Kier molecular flexibility index (Phi) is 4.21. The third-order valence-electron chi connectivity index (χ3n) is 2.14. The van der Waals surface area contributed by atoms with Crippen LogP contribution in [0.3, 0.4) is 0 Å². The van der Waals surface area contributed by atoms with Gasteiger partial charge < -0.3 is 16.2 Å². The molecule has 1 rings (SSSR count). The lowest BCUT2D eigenvalue weighted by Gasteiger charge is -2.16. The van der Waals surface area contributed by atoms with Gasteiger partial charge in [0, 0.05) is 0 Å². The van der Waals surface area contributed by atoms with E-state index in [-0.39, 0.29) is 5.82 Å². The van der Waals surface area contributed by atoms with Crippen LogP contribution in [0.2, 0.25) is 0 Å². The second-order valence-corrected chi connectivity index (χ2v) is 4.23. The van der Waals surface area contributed by atoms with Crippen LogP contribution in [0.4, 0.5) is 24.7 Å². The van der Waals surface area contributed by atoms with Crippen LogP contribution in [0.5, 0.6) is 0 Å². The maximum atomic E-state index is 12.1. The number of nitrogens with two attached hydrogens (primary N) is 1. The molecule has 0 spiro atoms. The van der Waals surface area contributed by atoms with E-state index in [0.29, 0.717) is 15.7 Å². The molecule has 0 saturated carbocycles. The van der Waals surface area contributed by atoms with E-state index in [1.807, 2.05) is 0 Å². The fourth-order valence-corrected chi connectivity index (χ4v) is 1.50. The first-order valence-electron chi connectivity index (χ1n) is 4.62. The monoisotopic (exact) mass is 313 g/mol. The van der Waals surface area contributed by atoms with E-state index in [1.54, 1.807) is 6.92 Å². The number of pyridine rings is 1. The summed E-state index contributed by atoms with van der Waals surface area (Å²) in [6.45, 7) is 1.03. The average molecular weight is 314 g/mol. The van der Waals surface area contributed by atoms with Gasteiger partial charge in [0.15, 0.2) is 6.10 Å². The second-order valence-electron chi connectivity index (χ2n) is 3.44. The average Bonchev–Trinajstić information content (AvgIpc) is 2.23. The second kappa shape index (κ2) is 5.09. The van der Waals surface area contributed by atoms with Gasteiger partial charge in [-0.1, -0.05) is 0 Å². The molecule has 0 fully saturated rings. The van der Waals surface area contributed by atoms with Crippen molar-refractivity contribution in [2.45, 2.75) is 19.2 Å². The van der Waals surface area contributed by atoms with Crippen molar-refractivity contribution in [2.75, 3.05) is 17.6 Å². The number of aliphatic hydroxyl groups excluding tert-OH is 1. The zero-order chi connectivity index (χ0) is 13.2. The standard InChI is InChI=1S/C9H11BrF3N3O/c1-4-5(14)2-15-8(7(4)10)16-3-6(17)9(11,12)13/h2,6,17H,3,14H2,1H3,(H,15,16). The van der Waals surface area contributed by atoms with Gasteiger partial charge in [-0.15, -0.1) is 0 Å². The van der Waals surface area contributed by atoms with E-state index in [0.717, 1.165) is 0 Å². The summed E-state index contributed by atoms with van der Waals surface area (Å²) in [5.74, 6) is 0.208. The van der Waals surface area contributed by atoms with E-state index in [9.17, 15) is 13.2 Å². The van der Waals surface area contributed by atoms with Crippen LogP contribution >= 0.6 is 15.9 Å². The molecule has 4 nitrogen and oxygen atoms in total. The topological polar surface area (TPSA) is 71.2 Å². The molecule has 0 aliphatic rings. The van der Waals surface area contributed by atoms with Crippen molar-refractivity contribution in [3.63, 3.8) is 0 Å². The molecule has 0 aliphatic carbocycles. The van der Waals surface area contributed by atoms with Gasteiger partial charge in [0.25, 0.3) is 0 Å². The van der Waals surface area contributed by atoms with Crippen molar-refractivity contribution < 1.29 is 18.3 Å². The number of nitrogens with zero attached hydrogens (tertiary/aromatic N) is 1. The molecule has 0 bridgehead atoms. The molecular weight excluding hydrogens is 303 g/mol. The van der Waals surface area contributed by atoms with Gasteiger partial charge in [0.2, 0.25) is 0 Å². The predicted molar refractivity (Wildman–Crippen MR) is 61.6 cm³/mol. The maximum Gasteiger partial charge on any atom is 0.416 e.